The molecule has 2 aliphatic carbocycles. The van der Waals surface area contributed by atoms with Crippen molar-refractivity contribution in [1.82, 2.24) is 5.32 Å². The number of amides is 1. The highest BCUT2D eigenvalue weighted by Crippen LogP contribution is 2.32. The molecule has 0 saturated heterocycles. The van der Waals surface area contributed by atoms with Gasteiger partial charge in [-0.2, -0.15) is 0 Å². The third-order valence-electron chi connectivity index (χ3n) is 7.35. The fraction of sp³-hybridized carbons (Fsp3) is 0.679. The molecule has 1 aromatic carbocycles. The molecule has 0 aromatic heterocycles. The minimum absolute atomic E-state index is 0.0442. The van der Waals surface area contributed by atoms with Crippen molar-refractivity contribution in [2.75, 3.05) is 10.7 Å². The van der Waals surface area contributed by atoms with E-state index in [-0.39, 0.29) is 17.4 Å². The number of nitrogens with zero attached hydrogens (tertiary/aromatic N) is 1. The molecule has 1 heterocycles. The van der Waals surface area contributed by atoms with Crippen LogP contribution in [-0.4, -0.2) is 46.0 Å². The van der Waals surface area contributed by atoms with E-state index >= 15 is 0 Å². The van der Waals surface area contributed by atoms with Gasteiger partial charge < -0.3 is 10.4 Å². The molecule has 1 aromatic rings. The Morgan fingerprint density at radius 1 is 0.971 bits per heavy atom. The van der Waals surface area contributed by atoms with Crippen molar-refractivity contribution in [3.05, 3.63) is 29.3 Å². The van der Waals surface area contributed by atoms with Crippen molar-refractivity contribution in [1.29, 1.82) is 0 Å². The molecule has 194 valence electrons. The summed E-state index contributed by atoms with van der Waals surface area (Å²) in [5, 5.41) is 13.2. The summed E-state index contributed by atoms with van der Waals surface area (Å²) in [4.78, 5) is 36.3. The maximum Gasteiger partial charge on any atom is 0.326 e. The van der Waals surface area contributed by atoms with E-state index in [1.165, 1.54) is 76.0 Å². The van der Waals surface area contributed by atoms with Crippen molar-refractivity contribution in [3.8, 4) is 0 Å². The molecular weight excluding hydrogens is 460 g/mol. The molecule has 35 heavy (non-hydrogen) atoms. The van der Waals surface area contributed by atoms with Gasteiger partial charge in [-0.15, -0.1) is 0 Å². The summed E-state index contributed by atoms with van der Waals surface area (Å²) in [6.07, 6.45) is 15.8. The van der Waals surface area contributed by atoms with Crippen LogP contribution in [0.4, 0.5) is 5.69 Å². The zero-order chi connectivity index (χ0) is 25.2. The summed E-state index contributed by atoms with van der Waals surface area (Å²) in [6.45, 7) is 3.42. The monoisotopic (exact) mass is 502 g/mol. The van der Waals surface area contributed by atoms with Gasteiger partial charge in [0.25, 0.3) is 0 Å². The molecule has 4 rings (SSSR count). The fourth-order valence-corrected chi connectivity index (χ4v) is 6.12. The quantitative estimate of drug-likeness (QED) is 0.524. The van der Waals surface area contributed by atoms with Gasteiger partial charge in [0.2, 0.25) is 5.91 Å². The summed E-state index contributed by atoms with van der Waals surface area (Å²) in [7, 11) is 0. The number of aryl methyl sites for hydroxylation is 2. The van der Waals surface area contributed by atoms with Crippen molar-refractivity contribution in [2.45, 2.75) is 115 Å². The number of nitrogens with one attached hydrogen (secondary N) is 1. The number of hydrogen-bond donors (Lipinski definition) is 2. The van der Waals surface area contributed by atoms with Crippen LogP contribution in [0.3, 0.4) is 0 Å². The molecule has 6 nitrogen and oxygen atoms in total. The third-order valence-corrected chi connectivity index (χ3v) is 8.16. The first-order valence-corrected chi connectivity index (χ1v) is 14.4. The first-order chi connectivity index (χ1) is 16.8. The fourth-order valence-electron chi connectivity index (χ4n) is 5.56. The number of hydrogen-bond acceptors (Lipinski definition) is 5. The van der Waals surface area contributed by atoms with E-state index in [1.54, 1.807) is 0 Å². The standard InChI is InChI=1S/C16H19NO4S.C12H23N/c1-10-3-5-13-12(9-10)4-6-14(16(20)21)17(13)15(19)7-8-22-11(2)18;1-3-7-11(8-4-1)13-12-9-5-2-6-10-12/h3,5,9,14H,4,6-8H2,1-2H3,(H,20,21);11-13H,1-10H2. The maximum atomic E-state index is 12.5. The van der Waals surface area contributed by atoms with Crippen LogP contribution in [0.25, 0.3) is 0 Å². The molecule has 1 unspecified atom stereocenters. The number of rotatable bonds is 6. The highest BCUT2D eigenvalue weighted by Gasteiger charge is 2.35. The predicted octanol–water partition coefficient (Wildman–Crippen LogP) is 5.64. The maximum absolute atomic E-state index is 12.5. The zero-order valence-electron chi connectivity index (χ0n) is 21.4. The number of carboxylic acids is 1. The lowest BCUT2D eigenvalue weighted by Gasteiger charge is -2.35. The highest BCUT2D eigenvalue weighted by molar-refractivity contribution is 8.13. The second-order valence-corrected chi connectivity index (χ2v) is 11.5. The number of fused-ring (bicyclic) bond motifs is 1. The van der Waals surface area contributed by atoms with Crippen molar-refractivity contribution in [2.24, 2.45) is 0 Å². The number of carbonyl (C=O) groups is 3. The van der Waals surface area contributed by atoms with E-state index in [1.807, 2.05) is 25.1 Å². The number of carbonyl (C=O) groups excluding carboxylic acids is 2. The van der Waals surface area contributed by atoms with Crippen molar-refractivity contribution < 1.29 is 19.5 Å². The Kier molecular flexibility index (Phi) is 11.1. The van der Waals surface area contributed by atoms with E-state index in [0.717, 1.165) is 35.0 Å². The van der Waals surface area contributed by atoms with Gasteiger partial charge in [0, 0.05) is 36.9 Å². The van der Waals surface area contributed by atoms with Crippen LogP contribution >= 0.6 is 11.8 Å². The van der Waals surface area contributed by atoms with Gasteiger partial charge in [-0.3, -0.25) is 14.5 Å². The average molecular weight is 503 g/mol. The minimum atomic E-state index is -0.987. The Balaban J connectivity index is 0.000000223. The van der Waals surface area contributed by atoms with Gasteiger partial charge in [0.05, 0.1) is 0 Å². The van der Waals surface area contributed by atoms with Crippen LogP contribution in [0.15, 0.2) is 18.2 Å². The van der Waals surface area contributed by atoms with E-state index in [2.05, 4.69) is 5.32 Å². The first kappa shape index (κ1) is 27.7. The number of aliphatic carboxylic acids is 1. The molecule has 0 spiro atoms. The molecule has 2 fully saturated rings. The van der Waals surface area contributed by atoms with Crippen LogP contribution in [0.2, 0.25) is 0 Å². The van der Waals surface area contributed by atoms with Crippen LogP contribution in [0, 0.1) is 6.92 Å². The lowest BCUT2D eigenvalue weighted by atomic mass is 9.91. The minimum Gasteiger partial charge on any atom is -0.480 e. The molecule has 2 N–H and O–H groups in total. The van der Waals surface area contributed by atoms with Crippen LogP contribution in [0.5, 0.6) is 0 Å². The molecular formula is C28H42N2O4S. The average Bonchev–Trinajstić information content (AvgIpc) is 2.84. The summed E-state index contributed by atoms with van der Waals surface area (Å²) < 4.78 is 0. The largest absolute Gasteiger partial charge is 0.480 e. The summed E-state index contributed by atoms with van der Waals surface area (Å²) >= 11 is 1.08. The van der Waals surface area contributed by atoms with Crippen molar-refractivity contribution in [3.63, 3.8) is 0 Å². The SMILES string of the molecule is C1CCC(NC2CCCCC2)CC1.CC(=O)SCCC(=O)N1c2ccc(C)cc2CCC1C(=O)O. The summed E-state index contributed by atoms with van der Waals surface area (Å²) in [5.74, 6) is -0.858. The first-order valence-electron chi connectivity index (χ1n) is 13.4. The van der Waals surface area contributed by atoms with Gasteiger partial charge in [-0.1, -0.05) is 68.0 Å². The van der Waals surface area contributed by atoms with Crippen LogP contribution in [-0.2, 0) is 20.8 Å². The van der Waals surface area contributed by atoms with E-state index in [9.17, 15) is 19.5 Å². The third kappa shape index (κ3) is 8.64. The summed E-state index contributed by atoms with van der Waals surface area (Å²) in [5.41, 5.74) is 2.78. The lowest BCUT2D eigenvalue weighted by molar-refractivity contribution is -0.140. The van der Waals surface area contributed by atoms with Crippen LogP contribution in [0.1, 0.15) is 95.1 Å². The van der Waals surface area contributed by atoms with Gasteiger partial charge in [-0.05, 0) is 57.1 Å². The number of carboxylic acid groups (broad SMARTS) is 1. The Hall–Kier alpha value is -1.86. The van der Waals surface area contributed by atoms with Gasteiger partial charge in [0.15, 0.2) is 5.12 Å². The predicted molar refractivity (Wildman–Crippen MR) is 143 cm³/mol. The van der Waals surface area contributed by atoms with Gasteiger partial charge in [0.1, 0.15) is 6.04 Å². The smallest absolute Gasteiger partial charge is 0.326 e. The number of anilines is 1. The van der Waals surface area contributed by atoms with Crippen LogP contribution < -0.4 is 10.2 Å². The molecule has 1 aliphatic heterocycles. The van der Waals surface area contributed by atoms with Gasteiger partial charge >= 0.3 is 5.97 Å². The molecule has 0 bridgehead atoms. The highest BCUT2D eigenvalue weighted by atomic mass is 32.2. The topological polar surface area (TPSA) is 86.7 Å². The molecule has 2 saturated carbocycles. The second kappa shape index (κ2) is 14.0. The number of benzene rings is 1. The molecule has 1 atom stereocenters. The lowest BCUT2D eigenvalue weighted by Crippen LogP contribution is -2.48. The Bertz CT molecular complexity index is 847. The summed E-state index contributed by atoms with van der Waals surface area (Å²) in [6, 6.07) is 6.61. The van der Waals surface area contributed by atoms with Crippen molar-refractivity contribution >= 4 is 34.4 Å². The molecule has 1 amide bonds. The van der Waals surface area contributed by atoms with Gasteiger partial charge in [-0.25, -0.2) is 4.79 Å². The number of thioether (sulfide) groups is 1. The zero-order valence-corrected chi connectivity index (χ0v) is 22.2. The van der Waals surface area contributed by atoms with E-state index in [4.69, 9.17) is 0 Å². The molecule has 3 aliphatic rings. The molecule has 0 radical (unpaired) electrons. The Labute approximate surface area is 214 Å². The normalized spacial score (nSPS) is 21.0. The van der Waals surface area contributed by atoms with E-state index in [0.29, 0.717) is 24.3 Å². The second-order valence-electron chi connectivity index (χ2n) is 10.2. The molecule has 7 heteroatoms. The Morgan fingerprint density at radius 3 is 2.11 bits per heavy atom. The Morgan fingerprint density at radius 2 is 1.57 bits per heavy atom. The van der Waals surface area contributed by atoms with E-state index < -0.39 is 12.0 Å².